The maximum Gasteiger partial charge on any atom is 0.348 e. The highest BCUT2D eigenvalue weighted by molar-refractivity contribution is 7.12. The van der Waals surface area contributed by atoms with Gasteiger partial charge in [-0.2, -0.15) is 0 Å². The van der Waals surface area contributed by atoms with Crippen LogP contribution in [0.4, 0.5) is 10.1 Å². The fourth-order valence-corrected chi connectivity index (χ4v) is 2.55. The number of rotatable bonds is 4. The summed E-state index contributed by atoms with van der Waals surface area (Å²) < 4.78 is 13.5. The van der Waals surface area contributed by atoms with Crippen molar-refractivity contribution in [3.05, 3.63) is 50.9 Å². The standard InChI is InChI=1S/C13H9ClFNO3S/c14-8-2-1-3-9(15)7(8)6-11(17)16-10-4-5-20-12(10)13(18)19/h1-5H,6H2,(H,16,17)(H,18,19). The largest absolute Gasteiger partial charge is 0.477 e. The molecule has 1 amide bonds. The number of carboxylic acid groups (broad SMARTS) is 1. The maximum absolute atomic E-state index is 13.5. The Morgan fingerprint density at radius 1 is 1.35 bits per heavy atom. The molecule has 0 atom stereocenters. The fourth-order valence-electron chi connectivity index (χ4n) is 1.63. The van der Waals surface area contributed by atoms with Crippen LogP contribution in [0.1, 0.15) is 15.2 Å². The molecule has 0 fully saturated rings. The third-order valence-electron chi connectivity index (χ3n) is 2.53. The molecule has 0 unspecified atom stereocenters. The second kappa shape index (κ2) is 6.02. The van der Waals surface area contributed by atoms with Gasteiger partial charge in [0.2, 0.25) is 5.91 Å². The van der Waals surface area contributed by atoms with Crippen LogP contribution in [0.2, 0.25) is 5.02 Å². The van der Waals surface area contributed by atoms with Crippen LogP contribution in [0.3, 0.4) is 0 Å². The molecule has 1 aromatic carbocycles. The SMILES string of the molecule is O=C(Cc1c(F)cccc1Cl)Nc1ccsc1C(=O)O. The average molecular weight is 314 g/mol. The van der Waals surface area contributed by atoms with E-state index in [1.807, 2.05) is 0 Å². The van der Waals surface area contributed by atoms with E-state index in [1.54, 1.807) is 5.38 Å². The number of carbonyl (C=O) groups is 2. The fraction of sp³-hybridized carbons (Fsp3) is 0.0769. The summed E-state index contributed by atoms with van der Waals surface area (Å²) in [6, 6.07) is 5.62. The van der Waals surface area contributed by atoms with E-state index in [1.165, 1.54) is 24.3 Å². The summed E-state index contributed by atoms with van der Waals surface area (Å²) in [6.07, 6.45) is -0.263. The Hall–Kier alpha value is -1.92. The second-order valence-corrected chi connectivity index (χ2v) is 5.22. The lowest BCUT2D eigenvalue weighted by Gasteiger charge is -2.07. The summed E-state index contributed by atoms with van der Waals surface area (Å²) in [4.78, 5) is 22.8. The van der Waals surface area contributed by atoms with Crippen molar-refractivity contribution in [3.63, 3.8) is 0 Å². The van der Waals surface area contributed by atoms with Crippen molar-refractivity contribution >= 4 is 40.5 Å². The first kappa shape index (κ1) is 14.5. The smallest absolute Gasteiger partial charge is 0.348 e. The molecular formula is C13H9ClFNO3S. The first-order valence-corrected chi connectivity index (χ1v) is 6.78. The first-order chi connectivity index (χ1) is 9.49. The van der Waals surface area contributed by atoms with Gasteiger partial charge in [0.25, 0.3) is 0 Å². The first-order valence-electron chi connectivity index (χ1n) is 5.52. The third-order valence-corrected chi connectivity index (χ3v) is 3.79. The lowest BCUT2D eigenvalue weighted by atomic mass is 10.1. The van der Waals surface area contributed by atoms with Gasteiger partial charge in [-0.05, 0) is 23.6 Å². The highest BCUT2D eigenvalue weighted by Crippen LogP contribution is 2.24. The highest BCUT2D eigenvalue weighted by atomic mass is 35.5. The predicted molar refractivity (Wildman–Crippen MR) is 75.0 cm³/mol. The molecule has 0 saturated heterocycles. The number of aromatic carboxylic acids is 1. The molecule has 0 aliphatic heterocycles. The molecule has 4 nitrogen and oxygen atoms in total. The van der Waals surface area contributed by atoms with Crippen LogP contribution in [-0.2, 0) is 11.2 Å². The maximum atomic E-state index is 13.5. The van der Waals surface area contributed by atoms with Crippen LogP contribution in [-0.4, -0.2) is 17.0 Å². The number of thiophene rings is 1. The summed E-state index contributed by atoms with van der Waals surface area (Å²) in [5.41, 5.74) is 0.277. The molecule has 0 aliphatic rings. The Balaban J connectivity index is 2.14. The van der Waals surface area contributed by atoms with Crippen LogP contribution in [0.5, 0.6) is 0 Å². The van der Waals surface area contributed by atoms with E-state index in [4.69, 9.17) is 16.7 Å². The summed E-state index contributed by atoms with van der Waals surface area (Å²) in [5.74, 6) is -2.23. The van der Waals surface area contributed by atoms with Crippen molar-refractivity contribution in [3.8, 4) is 0 Å². The monoisotopic (exact) mass is 313 g/mol. The zero-order valence-corrected chi connectivity index (χ0v) is 11.6. The minimum Gasteiger partial charge on any atom is -0.477 e. The van der Waals surface area contributed by atoms with Crippen LogP contribution < -0.4 is 5.32 Å². The number of hydrogen-bond acceptors (Lipinski definition) is 3. The van der Waals surface area contributed by atoms with Crippen molar-refractivity contribution in [1.82, 2.24) is 0 Å². The van der Waals surface area contributed by atoms with Gasteiger partial charge in [0.05, 0.1) is 12.1 Å². The predicted octanol–water partition coefficient (Wildman–Crippen LogP) is 3.42. The quantitative estimate of drug-likeness (QED) is 0.909. The van der Waals surface area contributed by atoms with Crippen LogP contribution in [0.25, 0.3) is 0 Å². The number of anilines is 1. The molecule has 2 aromatic rings. The van der Waals surface area contributed by atoms with Gasteiger partial charge in [0.15, 0.2) is 0 Å². The Labute approximate surface area is 122 Å². The number of hydrogen-bond donors (Lipinski definition) is 2. The molecular weight excluding hydrogens is 305 g/mol. The molecule has 0 aliphatic carbocycles. The van der Waals surface area contributed by atoms with Crippen molar-refractivity contribution in [2.75, 3.05) is 5.32 Å². The molecule has 1 heterocycles. The van der Waals surface area contributed by atoms with Gasteiger partial charge in [-0.25, -0.2) is 9.18 Å². The van der Waals surface area contributed by atoms with Gasteiger partial charge >= 0.3 is 5.97 Å². The van der Waals surface area contributed by atoms with Gasteiger partial charge in [-0.1, -0.05) is 17.7 Å². The van der Waals surface area contributed by atoms with Crippen molar-refractivity contribution in [2.24, 2.45) is 0 Å². The van der Waals surface area contributed by atoms with E-state index in [0.717, 1.165) is 11.3 Å². The summed E-state index contributed by atoms with van der Waals surface area (Å²) >= 11 is 6.82. The topological polar surface area (TPSA) is 66.4 Å². The molecule has 0 bridgehead atoms. The molecule has 20 heavy (non-hydrogen) atoms. The van der Waals surface area contributed by atoms with E-state index < -0.39 is 17.7 Å². The normalized spacial score (nSPS) is 10.3. The molecule has 0 saturated carbocycles. The second-order valence-electron chi connectivity index (χ2n) is 3.89. The molecule has 2 N–H and O–H groups in total. The van der Waals surface area contributed by atoms with Crippen LogP contribution in [0, 0.1) is 5.82 Å². The molecule has 7 heteroatoms. The lowest BCUT2D eigenvalue weighted by Crippen LogP contribution is -2.16. The number of halogens is 2. The summed E-state index contributed by atoms with van der Waals surface area (Å²) in [6.45, 7) is 0. The van der Waals surface area contributed by atoms with Gasteiger partial charge in [-0.3, -0.25) is 4.79 Å². The zero-order chi connectivity index (χ0) is 14.7. The molecule has 2 rings (SSSR count). The van der Waals surface area contributed by atoms with E-state index >= 15 is 0 Å². The minimum atomic E-state index is -1.13. The van der Waals surface area contributed by atoms with Gasteiger partial charge in [0, 0.05) is 10.6 Å². The van der Waals surface area contributed by atoms with Crippen molar-refractivity contribution in [1.29, 1.82) is 0 Å². The number of amides is 1. The van der Waals surface area contributed by atoms with E-state index in [-0.39, 0.29) is 27.6 Å². The lowest BCUT2D eigenvalue weighted by molar-refractivity contribution is -0.115. The van der Waals surface area contributed by atoms with Gasteiger partial charge < -0.3 is 10.4 Å². The Bertz CT molecular complexity index is 651. The van der Waals surface area contributed by atoms with Crippen LogP contribution >= 0.6 is 22.9 Å². The average Bonchev–Trinajstić information content (AvgIpc) is 2.82. The molecule has 0 radical (unpaired) electrons. The van der Waals surface area contributed by atoms with Crippen molar-refractivity contribution in [2.45, 2.75) is 6.42 Å². The summed E-state index contributed by atoms with van der Waals surface area (Å²) in [5, 5.41) is 13.1. The van der Waals surface area contributed by atoms with E-state index in [9.17, 15) is 14.0 Å². The Morgan fingerprint density at radius 2 is 2.10 bits per heavy atom. The number of carboxylic acids is 1. The molecule has 104 valence electrons. The third kappa shape index (κ3) is 3.15. The van der Waals surface area contributed by atoms with Gasteiger partial charge in [-0.15, -0.1) is 11.3 Å². The number of carbonyl (C=O) groups excluding carboxylic acids is 1. The van der Waals surface area contributed by atoms with Crippen molar-refractivity contribution < 1.29 is 19.1 Å². The zero-order valence-electron chi connectivity index (χ0n) is 10.0. The highest BCUT2D eigenvalue weighted by Gasteiger charge is 2.16. The minimum absolute atomic E-state index is 0.0259. The molecule has 0 spiro atoms. The van der Waals surface area contributed by atoms with Gasteiger partial charge in [0.1, 0.15) is 10.7 Å². The van der Waals surface area contributed by atoms with E-state index in [2.05, 4.69) is 5.32 Å². The van der Waals surface area contributed by atoms with E-state index in [0.29, 0.717) is 0 Å². The number of nitrogens with one attached hydrogen (secondary N) is 1. The summed E-state index contributed by atoms with van der Waals surface area (Å²) in [7, 11) is 0. The molecule has 1 aromatic heterocycles. The van der Waals surface area contributed by atoms with Crippen LogP contribution in [0.15, 0.2) is 29.6 Å². The number of benzene rings is 1. The Kier molecular flexibility index (Phi) is 4.36. The Morgan fingerprint density at radius 3 is 2.75 bits per heavy atom.